The molecule has 1 amide bonds. The molecule has 0 heterocycles. The molecule has 5 nitrogen and oxygen atoms in total. The molecule has 0 atom stereocenters. The van der Waals surface area contributed by atoms with Crippen LogP contribution in [0.4, 0.5) is 0 Å². The van der Waals surface area contributed by atoms with Crippen LogP contribution in [0.1, 0.15) is 24.0 Å². The molecule has 0 spiro atoms. The average molecular weight is 341 g/mol. The molecule has 1 aliphatic carbocycles. The molecule has 0 bridgehead atoms. The minimum absolute atomic E-state index is 0.0115. The van der Waals surface area contributed by atoms with Crippen molar-refractivity contribution in [2.24, 2.45) is 0 Å². The molecule has 1 saturated carbocycles. The number of carbonyl (C=O) groups is 1. The molecule has 1 fully saturated rings. The van der Waals surface area contributed by atoms with E-state index in [1.54, 1.807) is 21.3 Å². The summed E-state index contributed by atoms with van der Waals surface area (Å²) < 4.78 is 15.8. The number of methoxy groups -OCH3 is 3. The molecule has 0 unspecified atom stereocenters. The maximum Gasteiger partial charge on any atom is 0.225 e. The molecule has 2 aromatic rings. The largest absolute Gasteiger partial charge is 0.497 e. The normalized spacial score (nSPS) is 14.5. The lowest BCUT2D eigenvalue weighted by Gasteiger charge is -2.20. The first-order chi connectivity index (χ1) is 12.1. The molecule has 132 valence electrons. The summed E-state index contributed by atoms with van der Waals surface area (Å²) in [7, 11) is 4.85. The number of hydrogen-bond donors (Lipinski definition) is 1. The molecule has 1 aliphatic rings. The first-order valence-electron chi connectivity index (χ1n) is 8.26. The quantitative estimate of drug-likeness (QED) is 0.841. The number of nitrogens with one attached hydrogen (secondary N) is 1. The van der Waals surface area contributed by atoms with Gasteiger partial charge in [0.1, 0.15) is 5.75 Å². The fourth-order valence-electron chi connectivity index (χ4n) is 2.98. The van der Waals surface area contributed by atoms with Crippen LogP contribution < -0.4 is 19.5 Å². The third-order valence-corrected chi connectivity index (χ3v) is 4.59. The summed E-state index contributed by atoms with van der Waals surface area (Å²) in [6.07, 6.45) is 2.20. The van der Waals surface area contributed by atoms with Gasteiger partial charge in [-0.3, -0.25) is 4.79 Å². The standard InChI is InChI=1S/C20H23NO4/c1-23-16-7-4-14(5-8-16)12-19(22)21-20(10-11-20)15-6-9-17(24-2)18(13-15)25-3/h4-9,13H,10-12H2,1-3H3,(H,21,22). The van der Waals surface area contributed by atoms with Gasteiger partial charge in [-0.25, -0.2) is 0 Å². The minimum atomic E-state index is -0.289. The van der Waals surface area contributed by atoms with Crippen molar-refractivity contribution in [2.45, 2.75) is 24.8 Å². The Kier molecular flexibility index (Phi) is 4.83. The van der Waals surface area contributed by atoms with Gasteiger partial charge in [-0.05, 0) is 48.2 Å². The third-order valence-electron chi connectivity index (χ3n) is 4.59. The van der Waals surface area contributed by atoms with Crippen LogP contribution in [-0.4, -0.2) is 27.2 Å². The van der Waals surface area contributed by atoms with E-state index in [1.165, 1.54) is 0 Å². The fourth-order valence-corrected chi connectivity index (χ4v) is 2.98. The smallest absolute Gasteiger partial charge is 0.225 e. The first kappa shape index (κ1) is 17.1. The van der Waals surface area contributed by atoms with E-state index in [2.05, 4.69) is 5.32 Å². The van der Waals surface area contributed by atoms with Crippen LogP contribution in [0.3, 0.4) is 0 Å². The summed E-state index contributed by atoms with van der Waals surface area (Å²) >= 11 is 0. The number of benzene rings is 2. The summed E-state index contributed by atoms with van der Waals surface area (Å²) in [5.41, 5.74) is 1.72. The zero-order valence-corrected chi connectivity index (χ0v) is 14.8. The summed E-state index contributed by atoms with van der Waals surface area (Å²) in [5.74, 6) is 2.16. The number of rotatable bonds is 7. The second-order valence-corrected chi connectivity index (χ2v) is 6.22. The summed E-state index contributed by atoms with van der Waals surface area (Å²) in [4.78, 5) is 12.5. The van der Waals surface area contributed by atoms with E-state index in [-0.39, 0.29) is 11.4 Å². The Hall–Kier alpha value is -2.69. The van der Waals surface area contributed by atoms with Gasteiger partial charge in [0.25, 0.3) is 0 Å². The van der Waals surface area contributed by atoms with Crippen LogP contribution in [0.25, 0.3) is 0 Å². The SMILES string of the molecule is COc1ccc(CC(=O)NC2(c3ccc(OC)c(OC)c3)CC2)cc1. The van der Waals surface area contributed by atoms with Crippen LogP contribution in [0, 0.1) is 0 Å². The lowest BCUT2D eigenvalue weighted by molar-refractivity contribution is -0.121. The third kappa shape index (κ3) is 3.71. The van der Waals surface area contributed by atoms with E-state index in [9.17, 15) is 4.79 Å². The zero-order chi connectivity index (χ0) is 17.9. The molecule has 0 saturated heterocycles. The summed E-state index contributed by atoms with van der Waals surface area (Å²) in [6, 6.07) is 13.4. The van der Waals surface area contributed by atoms with E-state index in [0.717, 1.165) is 29.7 Å². The Morgan fingerprint density at radius 1 is 0.960 bits per heavy atom. The maximum atomic E-state index is 12.5. The molecular formula is C20H23NO4. The van der Waals surface area contributed by atoms with Crippen molar-refractivity contribution < 1.29 is 19.0 Å². The summed E-state index contributed by atoms with van der Waals surface area (Å²) in [5, 5.41) is 3.18. The molecular weight excluding hydrogens is 318 g/mol. The highest BCUT2D eigenvalue weighted by Crippen LogP contribution is 2.47. The highest BCUT2D eigenvalue weighted by atomic mass is 16.5. The van der Waals surface area contributed by atoms with Crippen LogP contribution in [-0.2, 0) is 16.8 Å². The zero-order valence-electron chi connectivity index (χ0n) is 14.8. The lowest BCUT2D eigenvalue weighted by Crippen LogP contribution is -2.35. The second kappa shape index (κ2) is 7.05. The van der Waals surface area contributed by atoms with Gasteiger partial charge >= 0.3 is 0 Å². The molecule has 5 heteroatoms. The Labute approximate surface area is 147 Å². The van der Waals surface area contributed by atoms with Gasteiger partial charge in [0.2, 0.25) is 5.91 Å². The van der Waals surface area contributed by atoms with Gasteiger partial charge in [0.15, 0.2) is 11.5 Å². The van der Waals surface area contributed by atoms with Gasteiger partial charge in [0.05, 0.1) is 33.3 Å². The fraction of sp³-hybridized carbons (Fsp3) is 0.350. The van der Waals surface area contributed by atoms with E-state index < -0.39 is 0 Å². The molecule has 1 N–H and O–H groups in total. The molecule has 0 aromatic heterocycles. The van der Waals surface area contributed by atoms with Crippen molar-refractivity contribution in [3.05, 3.63) is 53.6 Å². The molecule has 25 heavy (non-hydrogen) atoms. The van der Waals surface area contributed by atoms with Crippen LogP contribution >= 0.6 is 0 Å². The van der Waals surface area contributed by atoms with Crippen molar-refractivity contribution in [2.75, 3.05) is 21.3 Å². The first-order valence-corrected chi connectivity index (χ1v) is 8.26. The monoisotopic (exact) mass is 341 g/mol. The van der Waals surface area contributed by atoms with E-state index in [0.29, 0.717) is 17.9 Å². The second-order valence-electron chi connectivity index (χ2n) is 6.22. The van der Waals surface area contributed by atoms with E-state index in [1.807, 2.05) is 42.5 Å². The molecule has 0 aliphatic heterocycles. The van der Waals surface area contributed by atoms with Crippen LogP contribution in [0.5, 0.6) is 17.2 Å². The Morgan fingerprint density at radius 3 is 2.20 bits per heavy atom. The summed E-state index contributed by atoms with van der Waals surface area (Å²) in [6.45, 7) is 0. The molecule has 3 rings (SSSR count). The van der Waals surface area contributed by atoms with Gasteiger partial charge in [-0.1, -0.05) is 18.2 Å². The average Bonchev–Trinajstić information content (AvgIpc) is 3.42. The van der Waals surface area contributed by atoms with Crippen LogP contribution in [0.2, 0.25) is 0 Å². The maximum absolute atomic E-state index is 12.5. The topological polar surface area (TPSA) is 56.8 Å². The number of ether oxygens (including phenoxy) is 3. The Balaban J connectivity index is 1.70. The van der Waals surface area contributed by atoms with E-state index >= 15 is 0 Å². The predicted octanol–water partition coefficient (Wildman–Crippen LogP) is 3.06. The van der Waals surface area contributed by atoms with Gasteiger partial charge in [0, 0.05) is 0 Å². The highest BCUT2D eigenvalue weighted by Gasteiger charge is 2.45. The van der Waals surface area contributed by atoms with Gasteiger partial charge in [-0.2, -0.15) is 0 Å². The van der Waals surface area contributed by atoms with Crippen LogP contribution in [0.15, 0.2) is 42.5 Å². The predicted molar refractivity (Wildman–Crippen MR) is 95.3 cm³/mol. The Bertz CT molecular complexity index is 751. The molecule has 0 radical (unpaired) electrons. The van der Waals surface area contributed by atoms with Crippen molar-refractivity contribution in [3.63, 3.8) is 0 Å². The lowest BCUT2D eigenvalue weighted by atomic mass is 10.0. The molecule has 2 aromatic carbocycles. The Morgan fingerprint density at radius 2 is 1.64 bits per heavy atom. The van der Waals surface area contributed by atoms with Crippen molar-refractivity contribution in [1.29, 1.82) is 0 Å². The van der Waals surface area contributed by atoms with Crippen molar-refractivity contribution >= 4 is 5.91 Å². The van der Waals surface area contributed by atoms with E-state index in [4.69, 9.17) is 14.2 Å². The van der Waals surface area contributed by atoms with Crippen molar-refractivity contribution in [1.82, 2.24) is 5.32 Å². The highest BCUT2D eigenvalue weighted by molar-refractivity contribution is 5.80. The number of amides is 1. The van der Waals surface area contributed by atoms with Crippen molar-refractivity contribution in [3.8, 4) is 17.2 Å². The van der Waals surface area contributed by atoms with Gasteiger partial charge in [-0.15, -0.1) is 0 Å². The van der Waals surface area contributed by atoms with Gasteiger partial charge < -0.3 is 19.5 Å². The number of carbonyl (C=O) groups excluding carboxylic acids is 1. The number of hydrogen-bond acceptors (Lipinski definition) is 4. The minimum Gasteiger partial charge on any atom is -0.497 e.